The van der Waals surface area contributed by atoms with E-state index in [1.165, 1.54) is 70.3 Å². The third-order valence-corrected chi connectivity index (χ3v) is 7.83. The predicted molar refractivity (Wildman–Crippen MR) is 189 cm³/mol. The summed E-state index contributed by atoms with van der Waals surface area (Å²) < 4.78 is 51.6. The van der Waals surface area contributed by atoms with Crippen molar-refractivity contribution in [2.75, 3.05) is 54.8 Å². The molecule has 0 aliphatic carbocycles. The fraction of sp³-hybridized carbons (Fsp3) is 0.457. The molecular weight excluding hydrogens is 658 g/mol. The molecule has 3 aromatic rings. The maximum absolute atomic E-state index is 13.6. The number of piperidine rings is 3. The van der Waals surface area contributed by atoms with Gasteiger partial charge >= 0.3 is 0 Å². The minimum absolute atomic E-state index is 0. The number of benzene rings is 3. The number of nitro groups is 2. The second-order valence-electron chi connectivity index (χ2n) is 11.6. The van der Waals surface area contributed by atoms with Crippen LogP contribution in [0.3, 0.4) is 0 Å². The van der Waals surface area contributed by atoms with Gasteiger partial charge in [0.25, 0.3) is 11.4 Å². The molecule has 6 rings (SSSR count). The molecule has 0 aromatic heterocycles. The van der Waals surface area contributed by atoms with Gasteiger partial charge in [0, 0.05) is 52.3 Å². The number of nitriles is 1. The SMILES string of the molecule is C1CCNCC1.CC#N.Nc1ccc(N2CCCCC2)c(F)c1.O=[N+]([O-])c1ccc(F)c(F)c1.O=[N+]([O-])c1ccc(N2CCCCC2)c(F)c1.[HH]. The second-order valence-corrected chi connectivity index (χ2v) is 11.6. The number of hydrogen-bond donors (Lipinski definition) is 2. The summed E-state index contributed by atoms with van der Waals surface area (Å²) in [6, 6.07) is 12.7. The summed E-state index contributed by atoms with van der Waals surface area (Å²) in [5.41, 5.74) is 6.51. The molecule has 3 aromatic carbocycles. The molecular formula is C35H47F4N7O4. The van der Waals surface area contributed by atoms with Crippen LogP contribution in [0.2, 0.25) is 0 Å². The highest BCUT2D eigenvalue weighted by Gasteiger charge is 2.18. The molecule has 11 nitrogen and oxygen atoms in total. The number of nitrogen functional groups attached to an aromatic ring is 1. The van der Waals surface area contributed by atoms with Crippen molar-refractivity contribution in [3.05, 3.63) is 98.1 Å². The lowest BCUT2D eigenvalue weighted by Gasteiger charge is -2.29. The summed E-state index contributed by atoms with van der Waals surface area (Å²) >= 11 is 0. The Morgan fingerprint density at radius 3 is 1.42 bits per heavy atom. The van der Waals surface area contributed by atoms with Crippen molar-refractivity contribution in [2.24, 2.45) is 0 Å². The van der Waals surface area contributed by atoms with E-state index in [4.69, 9.17) is 11.0 Å². The van der Waals surface area contributed by atoms with Gasteiger partial charge in [-0.15, -0.1) is 0 Å². The summed E-state index contributed by atoms with van der Waals surface area (Å²) in [5.74, 6) is -3.00. The minimum Gasteiger partial charge on any atom is -0.399 e. The highest BCUT2D eigenvalue weighted by Crippen LogP contribution is 2.27. The van der Waals surface area contributed by atoms with Crippen LogP contribution in [0, 0.1) is 54.8 Å². The van der Waals surface area contributed by atoms with E-state index in [2.05, 4.69) is 10.2 Å². The molecule has 3 aliphatic rings. The van der Waals surface area contributed by atoms with E-state index in [1.807, 2.05) is 4.90 Å². The maximum atomic E-state index is 13.6. The Morgan fingerprint density at radius 2 is 1.06 bits per heavy atom. The predicted octanol–water partition coefficient (Wildman–Crippen LogP) is 8.53. The molecule has 0 unspecified atom stereocenters. The van der Waals surface area contributed by atoms with Crippen LogP contribution in [-0.2, 0) is 0 Å². The normalized spacial score (nSPS) is 15.1. The lowest BCUT2D eigenvalue weighted by atomic mass is 10.1. The van der Waals surface area contributed by atoms with Gasteiger partial charge in [-0.25, -0.2) is 17.6 Å². The Kier molecular flexibility index (Phi) is 18.6. The number of nitrogens with one attached hydrogen (secondary N) is 1. The molecule has 3 N–H and O–H groups in total. The summed E-state index contributed by atoms with van der Waals surface area (Å²) in [6.45, 7) is 7.51. The van der Waals surface area contributed by atoms with Crippen LogP contribution in [0.4, 0.5) is 46.0 Å². The Hall–Kier alpha value is -4.97. The third kappa shape index (κ3) is 14.7. The molecule has 274 valence electrons. The summed E-state index contributed by atoms with van der Waals surface area (Å²) in [7, 11) is 0. The Labute approximate surface area is 291 Å². The zero-order chi connectivity index (χ0) is 36.9. The molecule has 0 spiro atoms. The number of nitrogens with two attached hydrogens (primary N) is 1. The molecule has 0 saturated carbocycles. The van der Waals surface area contributed by atoms with Crippen molar-refractivity contribution < 1.29 is 28.8 Å². The largest absolute Gasteiger partial charge is 0.399 e. The molecule has 3 heterocycles. The van der Waals surface area contributed by atoms with Crippen molar-refractivity contribution in [1.29, 1.82) is 5.26 Å². The van der Waals surface area contributed by atoms with Crippen LogP contribution in [-0.4, -0.2) is 49.1 Å². The molecule has 3 saturated heterocycles. The van der Waals surface area contributed by atoms with E-state index >= 15 is 0 Å². The average molecular weight is 706 g/mol. The number of rotatable bonds is 4. The number of hydrogen-bond acceptors (Lipinski definition) is 9. The van der Waals surface area contributed by atoms with Gasteiger partial charge in [0.1, 0.15) is 5.82 Å². The molecule has 0 atom stereocenters. The fourth-order valence-corrected chi connectivity index (χ4v) is 5.32. The summed E-state index contributed by atoms with van der Waals surface area (Å²) in [6.07, 6.45) is 11.1. The molecule has 3 fully saturated rings. The van der Waals surface area contributed by atoms with Gasteiger partial charge in [-0.2, -0.15) is 5.26 Å². The first kappa shape index (κ1) is 41.2. The first-order chi connectivity index (χ1) is 24.0. The summed E-state index contributed by atoms with van der Waals surface area (Å²) in [5, 5.41) is 31.1. The van der Waals surface area contributed by atoms with E-state index in [1.54, 1.807) is 18.2 Å². The van der Waals surface area contributed by atoms with Gasteiger partial charge in [0.15, 0.2) is 17.5 Å². The molecule has 0 amide bonds. The maximum Gasteiger partial charge on any atom is 0.272 e. The van der Waals surface area contributed by atoms with E-state index in [0.717, 1.165) is 64.0 Å². The lowest BCUT2D eigenvalue weighted by Crippen LogP contribution is -2.30. The quantitative estimate of drug-likeness (QED) is 0.118. The Morgan fingerprint density at radius 1 is 0.660 bits per heavy atom. The molecule has 3 aliphatic heterocycles. The van der Waals surface area contributed by atoms with Crippen molar-refractivity contribution in [1.82, 2.24) is 5.32 Å². The van der Waals surface area contributed by atoms with Crippen LogP contribution < -0.4 is 20.9 Å². The van der Waals surface area contributed by atoms with Gasteiger partial charge < -0.3 is 20.9 Å². The lowest BCUT2D eigenvalue weighted by molar-refractivity contribution is -0.385. The van der Waals surface area contributed by atoms with Crippen molar-refractivity contribution in [3.63, 3.8) is 0 Å². The van der Waals surface area contributed by atoms with Gasteiger partial charge in [-0.3, -0.25) is 20.2 Å². The topological polar surface area (TPSA) is 155 Å². The van der Waals surface area contributed by atoms with Crippen LogP contribution in [0.15, 0.2) is 54.6 Å². The van der Waals surface area contributed by atoms with E-state index in [9.17, 15) is 37.8 Å². The zero-order valence-electron chi connectivity index (χ0n) is 28.3. The van der Waals surface area contributed by atoms with E-state index in [0.29, 0.717) is 29.2 Å². The van der Waals surface area contributed by atoms with Gasteiger partial charge in [-0.05, 0) is 94.8 Å². The van der Waals surface area contributed by atoms with Crippen LogP contribution in [0.25, 0.3) is 0 Å². The Balaban J connectivity index is 0.000000342. The first-order valence-corrected chi connectivity index (χ1v) is 16.6. The number of nitro benzene ring substituents is 2. The van der Waals surface area contributed by atoms with Gasteiger partial charge in [0.05, 0.1) is 39.4 Å². The first-order valence-electron chi connectivity index (χ1n) is 16.6. The highest BCUT2D eigenvalue weighted by molar-refractivity contribution is 5.55. The number of halogens is 4. The zero-order valence-corrected chi connectivity index (χ0v) is 28.3. The highest BCUT2D eigenvalue weighted by atomic mass is 19.2. The fourth-order valence-electron chi connectivity index (χ4n) is 5.32. The van der Waals surface area contributed by atoms with Crippen LogP contribution >= 0.6 is 0 Å². The second kappa shape index (κ2) is 22.6. The number of nitrogens with zero attached hydrogens (tertiary/aromatic N) is 5. The molecule has 15 heteroatoms. The number of anilines is 3. The van der Waals surface area contributed by atoms with Crippen molar-refractivity contribution in [2.45, 2.75) is 64.7 Å². The molecule has 0 radical (unpaired) electrons. The van der Waals surface area contributed by atoms with Gasteiger partial charge in [0.2, 0.25) is 0 Å². The average Bonchev–Trinajstić information content (AvgIpc) is 3.12. The number of non-ortho nitro benzene ring substituents is 2. The van der Waals surface area contributed by atoms with Crippen molar-refractivity contribution >= 4 is 28.4 Å². The molecule has 50 heavy (non-hydrogen) atoms. The Bertz CT molecular complexity index is 1540. The van der Waals surface area contributed by atoms with Crippen molar-refractivity contribution in [3.8, 4) is 6.07 Å². The molecule has 0 bridgehead atoms. The standard InChI is InChI=1S/C11H13FN2O2.C11H15FN2.C6H3F2NO2.C5H11N.C2H3N.H2/c12-10-8-9(14(15)16)4-5-11(10)13-6-2-1-3-7-13;12-10-8-9(13)4-5-11(10)14-6-2-1-3-7-14;7-5-2-1-4(9(10)11)3-6(5)8;1-2-4-6-5-3-1;1-2-3;/h4-5,8H,1-3,6-7H2;4-5,8H,1-3,6-7,13H2;1-3H;6H,1-5H2;1H3;1H. The van der Waals surface area contributed by atoms with E-state index < -0.39 is 33.0 Å². The van der Waals surface area contributed by atoms with Crippen LogP contribution in [0.1, 0.15) is 66.1 Å². The van der Waals surface area contributed by atoms with E-state index in [-0.39, 0.29) is 12.9 Å². The van der Waals surface area contributed by atoms with Crippen LogP contribution in [0.5, 0.6) is 0 Å². The minimum atomic E-state index is -1.21. The smallest absolute Gasteiger partial charge is 0.272 e. The van der Waals surface area contributed by atoms with Gasteiger partial charge in [-0.1, -0.05) is 6.42 Å². The third-order valence-electron chi connectivity index (χ3n) is 7.83. The summed E-state index contributed by atoms with van der Waals surface area (Å²) in [4.78, 5) is 23.1. The monoisotopic (exact) mass is 705 g/mol.